The molecule has 3 nitrogen and oxygen atoms in total. The van der Waals surface area contributed by atoms with Crippen molar-refractivity contribution in [3.05, 3.63) is 35.4 Å². The first-order valence-electron chi connectivity index (χ1n) is 8.64. The molecular weight excluding hydrogens is 272 g/mol. The van der Waals surface area contributed by atoms with Gasteiger partial charge in [0.15, 0.2) is 0 Å². The zero-order valence-electron chi connectivity index (χ0n) is 14.1. The number of benzene rings is 1. The number of nitrogens with two attached hydrogens (primary N) is 1. The van der Waals surface area contributed by atoms with E-state index in [9.17, 15) is 4.79 Å². The first-order valence-corrected chi connectivity index (χ1v) is 8.64. The minimum Gasteiger partial charge on any atom is -0.368 e. The average Bonchev–Trinajstić information content (AvgIpc) is 2.53. The number of carbonyl (C=O) groups excluding carboxylic acids is 1. The number of hydrogen-bond acceptors (Lipinski definition) is 2. The highest BCUT2D eigenvalue weighted by atomic mass is 16.1. The van der Waals surface area contributed by atoms with Crippen molar-refractivity contribution in [2.75, 3.05) is 0 Å². The number of hydrogen-bond donors (Lipinski definition) is 2. The van der Waals surface area contributed by atoms with E-state index in [2.05, 4.69) is 43.4 Å². The summed E-state index contributed by atoms with van der Waals surface area (Å²) in [6.07, 6.45) is 6.75. The van der Waals surface area contributed by atoms with Crippen LogP contribution in [0.5, 0.6) is 0 Å². The Morgan fingerprint density at radius 1 is 1.09 bits per heavy atom. The standard InChI is InChI=1S/C19H30N2O/c1-13(2)18(21-14(3)19(20)22)17-11-9-16(10-12-17)15-7-5-4-6-8-15/h9-15,18,21H,4-8H2,1-3H3,(H2,20,22)/t14-,18-/m0/s1. The molecule has 1 fully saturated rings. The fraction of sp³-hybridized carbons (Fsp3) is 0.632. The summed E-state index contributed by atoms with van der Waals surface area (Å²) in [7, 11) is 0. The molecule has 0 saturated heterocycles. The van der Waals surface area contributed by atoms with Crippen LogP contribution in [0.15, 0.2) is 24.3 Å². The van der Waals surface area contributed by atoms with Gasteiger partial charge >= 0.3 is 0 Å². The molecule has 1 amide bonds. The van der Waals surface area contributed by atoms with Crippen LogP contribution in [0.3, 0.4) is 0 Å². The Morgan fingerprint density at radius 2 is 1.68 bits per heavy atom. The summed E-state index contributed by atoms with van der Waals surface area (Å²) in [5.74, 6) is 0.838. The van der Waals surface area contributed by atoms with Crippen LogP contribution in [0.4, 0.5) is 0 Å². The van der Waals surface area contributed by atoms with E-state index in [4.69, 9.17) is 5.73 Å². The third-order valence-electron chi connectivity index (χ3n) is 4.90. The molecule has 0 aliphatic heterocycles. The SMILES string of the molecule is CC(C)[C@H](N[C@@H](C)C(N)=O)c1ccc(C2CCCCC2)cc1. The second-order valence-corrected chi connectivity index (χ2v) is 7.01. The van der Waals surface area contributed by atoms with E-state index in [0.717, 1.165) is 5.92 Å². The number of rotatable bonds is 6. The van der Waals surface area contributed by atoms with Gasteiger partial charge in [0, 0.05) is 6.04 Å². The van der Waals surface area contributed by atoms with Crippen LogP contribution < -0.4 is 11.1 Å². The van der Waals surface area contributed by atoms with Crippen molar-refractivity contribution in [3.8, 4) is 0 Å². The van der Waals surface area contributed by atoms with Crippen LogP contribution in [0, 0.1) is 5.92 Å². The van der Waals surface area contributed by atoms with Crippen molar-refractivity contribution >= 4 is 5.91 Å². The molecule has 122 valence electrons. The van der Waals surface area contributed by atoms with Gasteiger partial charge in [-0.15, -0.1) is 0 Å². The van der Waals surface area contributed by atoms with E-state index in [1.807, 2.05) is 6.92 Å². The maximum atomic E-state index is 11.3. The lowest BCUT2D eigenvalue weighted by Crippen LogP contribution is -2.42. The average molecular weight is 302 g/mol. The molecule has 3 heteroatoms. The monoisotopic (exact) mass is 302 g/mol. The summed E-state index contributed by atoms with van der Waals surface area (Å²) in [5.41, 5.74) is 8.09. The minimum absolute atomic E-state index is 0.155. The van der Waals surface area contributed by atoms with Crippen LogP contribution in [0.25, 0.3) is 0 Å². The summed E-state index contributed by atoms with van der Waals surface area (Å²) in [4.78, 5) is 11.3. The molecule has 2 rings (SSSR count). The van der Waals surface area contributed by atoms with Gasteiger partial charge < -0.3 is 5.73 Å². The van der Waals surface area contributed by atoms with E-state index in [0.29, 0.717) is 5.92 Å². The van der Waals surface area contributed by atoms with Gasteiger partial charge in [-0.2, -0.15) is 0 Å². The van der Waals surface area contributed by atoms with Gasteiger partial charge in [0.25, 0.3) is 0 Å². The first kappa shape index (κ1) is 17.0. The van der Waals surface area contributed by atoms with Gasteiger partial charge in [-0.3, -0.25) is 10.1 Å². The maximum absolute atomic E-state index is 11.3. The highest BCUT2D eigenvalue weighted by Gasteiger charge is 2.21. The number of amides is 1. The Morgan fingerprint density at radius 3 is 2.18 bits per heavy atom. The van der Waals surface area contributed by atoms with Crippen LogP contribution in [0.2, 0.25) is 0 Å². The summed E-state index contributed by atoms with van der Waals surface area (Å²) < 4.78 is 0. The zero-order chi connectivity index (χ0) is 16.1. The number of carbonyl (C=O) groups is 1. The Kier molecular flexibility index (Phi) is 6.01. The van der Waals surface area contributed by atoms with Crippen molar-refractivity contribution in [2.45, 2.75) is 70.9 Å². The molecule has 0 bridgehead atoms. The third-order valence-corrected chi connectivity index (χ3v) is 4.90. The van der Waals surface area contributed by atoms with E-state index in [-0.39, 0.29) is 18.0 Å². The van der Waals surface area contributed by atoms with Crippen molar-refractivity contribution in [2.24, 2.45) is 11.7 Å². The lowest BCUT2D eigenvalue weighted by atomic mass is 9.83. The summed E-state index contributed by atoms with van der Waals surface area (Å²) >= 11 is 0. The summed E-state index contributed by atoms with van der Waals surface area (Å²) in [6.45, 7) is 6.16. The summed E-state index contributed by atoms with van der Waals surface area (Å²) in [5, 5.41) is 3.36. The molecule has 1 saturated carbocycles. The molecule has 0 heterocycles. The van der Waals surface area contributed by atoms with Gasteiger partial charge in [0.2, 0.25) is 5.91 Å². The van der Waals surface area contributed by atoms with Gasteiger partial charge in [-0.05, 0) is 42.7 Å². The highest BCUT2D eigenvalue weighted by Crippen LogP contribution is 2.33. The molecule has 1 aromatic carbocycles. The molecule has 22 heavy (non-hydrogen) atoms. The molecule has 1 aromatic rings. The largest absolute Gasteiger partial charge is 0.368 e. The molecule has 1 aliphatic carbocycles. The Hall–Kier alpha value is -1.35. The molecule has 0 radical (unpaired) electrons. The molecule has 3 N–H and O–H groups in total. The van der Waals surface area contributed by atoms with Crippen molar-refractivity contribution in [1.82, 2.24) is 5.32 Å². The fourth-order valence-electron chi connectivity index (χ4n) is 3.44. The molecule has 0 spiro atoms. The van der Waals surface area contributed by atoms with E-state index >= 15 is 0 Å². The fourth-order valence-corrected chi connectivity index (χ4v) is 3.44. The number of nitrogens with one attached hydrogen (secondary N) is 1. The Balaban J connectivity index is 2.09. The van der Waals surface area contributed by atoms with Crippen molar-refractivity contribution < 1.29 is 4.79 Å². The second-order valence-electron chi connectivity index (χ2n) is 7.01. The molecule has 1 aliphatic rings. The molecule has 0 aromatic heterocycles. The normalized spacial score (nSPS) is 19.1. The molecule has 2 atom stereocenters. The van der Waals surface area contributed by atoms with Gasteiger partial charge in [-0.25, -0.2) is 0 Å². The van der Waals surface area contributed by atoms with Gasteiger partial charge in [0.05, 0.1) is 6.04 Å². The van der Waals surface area contributed by atoms with Crippen molar-refractivity contribution in [3.63, 3.8) is 0 Å². The Bertz CT molecular complexity index is 475. The predicted octanol–water partition coefficient (Wildman–Crippen LogP) is 3.89. The second kappa shape index (κ2) is 7.77. The molecular formula is C19H30N2O. The Labute approximate surface area is 134 Å². The van der Waals surface area contributed by atoms with Crippen LogP contribution in [-0.4, -0.2) is 11.9 Å². The van der Waals surface area contributed by atoms with Crippen LogP contribution in [-0.2, 0) is 4.79 Å². The smallest absolute Gasteiger partial charge is 0.234 e. The number of primary amides is 1. The zero-order valence-corrected chi connectivity index (χ0v) is 14.1. The lowest BCUT2D eigenvalue weighted by Gasteiger charge is -2.27. The quantitative estimate of drug-likeness (QED) is 0.837. The minimum atomic E-state index is -0.314. The topological polar surface area (TPSA) is 55.1 Å². The third kappa shape index (κ3) is 4.33. The molecule has 0 unspecified atom stereocenters. The van der Waals surface area contributed by atoms with E-state index in [1.54, 1.807) is 0 Å². The van der Waals surface area contributed by atoms with Gasteiger partial charge in [0.1, 0.15) is 0 Å². The van der Waals surface area contributed by atoms with E-state index < -0.39 is 0 Å². The van der Waals surface area contributed by atoms with Gasteiger partial charge in [-0.1, -0.05) is 57.4 Å². The predicted molar refractivity (Wildman–Crippen MR) is 91.6 cm³/mol. The van der Waals surface area contributed by atoms with Crippen molar-refractivity contribution in [1.29, 1.82) is 0 Å². The maximum Gasteiger partial charge on any atom is 0.234 e. The van der Waals surface area contributed by atoms with E-state index in [1.165, 1.54) is 43.2 Å². The first-order chi connectivity index (χ1) is 10.5. The van der Waals surface area contributed by atoms with Crippen LogP contribution >= 0.6 is 0 Å². The lowest BCUT2D eigenvalue weighted by molar-refractivity contribution is -0.119. The highest BCUT2D eigenvalue weighted by molar-refractivity contribution is 5.79. The summed E-state index contributed by atoms with van der Waals surface area (Å²) in [6, 6.07) is 8.83. The van der Waals surface area contributed by atoms with Crippen LogP contribution in [0.1, 0.15) is 76.0 Å².